The summed E-state index contributed by atoms with van der Waals surface area (Å²) in [5, 5.41) is 16.0. The second kappa shape index (κ2) is 7.25. The Morgan fingerprint density at radius 2 is 1.62 bits per heavy atom. The van der Waals surface area contributed by atoms with Crippen LogP contribution in [0.4, 0.5) is 0 Å². The molecule has 16 heavy (non-hydrogen) atoms. The van der Waals surface area contributed by atoms with Crippen LogP contribution in [0.15, 0.2) is 30.3 Å². The van der Waals surface area contributed by atoms with Gasteiger partial charge in [0.2, 0.25) is 0 Å². The predicted octanol–water partition coefficient (Wildman–Crippen LogP) is 2.22. The van der Waals surface area contributed by atoms with Gasteiger partial charge in [0.05, 0.1) is 12.7 Å². The number of hydrogen-bond acceptors (Lipinski definition) is 3. The fraction of sp³-hybridized carbons (Fsp3) is 0.538. The van der Waals surface area contributed by atoms with Gasteiger partial charge < -0.3 is 14.9 Å². The average Bonchev–Trinajstić information content (AvgIpc) is 2.17. The lowest BCUT2D eigenvalue weighted by molar-refractivity contribution is 0.110. The molecule has 0 aliphatic heterocycles. The molecule has 2 N–H and O–H groups in total. The van der Waals surface area contributed by atoms with Gasteiger partial charge in [0.1, 0.15) is 11.4 Å². The van der Waals surface area contributed by atoms with Gasteiger partial charge in [0, 0.05) is 0 Å². The topological polar surface area (TPSA) is 49.7 Å². The number of benzene rings is 1. The molecule has 0 aliphatic carbocycles. The summed E-state index contributed by atoms with van der Waals surface area (Å²) in [5.74, 6) is 0.931. The first-order chi connectivity index (χ1) is 7.35. The van der Waals surface area contributed by atoms with E-state index in [9.17, 15) is 0 Å². The van der Waals surface area contributed by atoms with Crippen molar-refractivity contribution >= 4 is 0 Å². The third-order valence-electron chi connectivity index (χ3n) is 1.43. The molecule has 0 amide bonds. The van der Waals surface area contributed by atoms with Gasteiger partial charge in [-0.15, -0.1) is 0 Å². The third-order valence-corrected chi connectivity index (χ3v) is 1.43. The van der Waals surface area contributed by atoms with Crippen LogP contribution in [-0.4, -0.2) is 28.5 Å². The summed E-state index contributed by atoms with van der Waals surface area (Å²) in [6.07, 6.45) is -0.560. The predicted molar refractivity (Wildman–Crippen MR) is 65.6 cm³/mol. The number of hydrogen-bond donors (Lipinski definition) is 2. The Balaban J connectivity index is 0.000000385. The fourth-order valence-electron chi connectivity index (χ4n) is 0.842. The van der Waals surface area contributed by atoms with Gasteiger partial charge in [0.25, 0.3) is 0 Å². The van der Waals surface area contributed by atoms with Gasteiger partial charge in [-0.3, -0.25) is 0 Å². The van der Waals surface area contributed by atoms with Crippen molar-refractivity contribution in [2.24, 2.45) is 0 Å². The Hall–Kier alpha value is -1.06. The van der Waals surface area contributed by atoms with Gasteiger partial charge in [0.15, 0.2) is 0 Å². The zero-order valence-electron chi connectivity index (χ0n) is 10.5. The minimum Gasteiger partial charge on any atom is -0.488 e. The average molecular weight is 226 g/mol. The summed E-state index contributed by atoms with van der Waals surface area (Å²) in [6, 6.07) is 9.86. The lowest BCUT2D eigenvalue weighted by Crippen LogP contribution is -2.22. The summed E-state index contributed by atoms with van der Waals surface area (Å²) >= 11 is 0. The Morgan fingerprint density at radius 1 is 1.19 bits per heavy atom. The van der Waals surface area contributed by atoms with Gasteiger partial charge in [-0.1, -0.05) is 18.2 Å². The van der Waals surface area contributed by atoms with Gasteiger partial charge in [-0.05, 0) is 39.8 Å². The van der Waals surface area contributed by atoms with Crippen LogP contribution in [-0.2, 0) is 0 Å². The molecule has 1 unspecified atom stereocenters. The van der Waals surface area contributed by atoms with E-state index in [-0.39, 0.29) is 12.2 Å². The van der Waals surface area contributed by atoms with E-state index in [0.29, 0.717) is 0 Å². The molecule has 0 heterocycles. The van der Waals surface area contributed by atoms with Crippen LogP contribution in [0.2, 0.25) is 0 Å². The summed E-state index contributed by atoms with van der Waals surface area (Å²) < 4.78 is 5.60. The summed E-state index contributed by atoms with van der Waals surface area (Å²) in [5.41, 5.74) is -0.0959. The molecule has 0 radical (unpaired) electrons. The minimum absolute atomic E-state index is 0.0959. The molecule has 3 heteroatoms. The van der Waals surface area contributed by atoms with E-state index in [0.717, 1.165) is 5.75 Å². The monoisotopic (exact) mass is 226 g/mol. The Bertz CT molecular complexity index is 262. The van der Waals surface area contributed by atoms with E-state index in [2.05, 4.69) is 0 Å². The number of aliphatic hydroxyl groups is 2. The first kappa shape index (κ1) is 14.9. The van der Waals surface area contributed by atoms with Crippen LogP contribution >= 0.6 is 0 Å². The number of ether oxygens (including phenoxy) is 1. The minimum atomic E-state index is -0.560. The highest BCUT2D eigenvalue weighted by Crippen LogP contribution is 2.16. The maximum atomic E-state index is 8.11. The summed E-state index contributed by atoms with van der Waals surface area (Å²) in [6.45, 7) is 7.51. The van der Waals surface area contributed by atoms with Crippen molar-refractivity contribution in [1.82, 2.24) is 0 Å². The molecule has 0 bridgehead atoms. The SMILES string of the molecule is CC(C)(C)Oc1ccccc1.CC(O)CO. The Morgan fingerprint density at radius 3 is 1.94 bits per heavy atom. The maximum Gasteiger partial charge on any atom is 0.120 e. The molecule has 0 fully saturated rings. The van der Waals surface area contributed by atoms with Crippen molar-refractivity contribution in [1.29, 1.82) is 0 Å². The molecule has 0 spiro atoms. The van der Waals surface area contributed by atoms with E-state index >= 15 is 0 Å². The Kier molecular flexibility index (Phi) is 6.77. The molecule has 1 aromatic rings. The van der Waals surface area contributed by atoms with Crippen LogP contribution in [0.25, 0.3) is 0 Å². The first-order valence-electron chi connectivity index (χ1n) is 5.38. The molecule has 0 aliphatic rings. The van der Waals surface area contributed by atoms with Crippen LogP contribution in [0.1, 0.15) is 27.7 Å². The molecular formula is C13H22O3. The van der Waals surface area contributed by atoms with Gasteiger partial charge in [-0.2, -0.15) is 0 Å². The molecule has 0 saturated heterocycles. The number of rotatable bonds is 2. The summed E-state index contributed by atoms with van der Waals surface area (Å²) in [4.78, 5) is 0. The Labute approximate surface area is 97.7 Å². The number of aliphatic hydroxyl groups excluding tert-OH is 2. The second-order valence-electron chi connectivity index (χ2n) is 4.56. The smallest absolute Gasteiger partial charge is 0.120 e. The van der Waals surface area contributed by atoms with E-state index in [1.54, 1.807) is 0 Å². The number of para-hydroxylation sites is 1. The normalized spacial score (nSPS) is 12.4. The molecule has 92 valence electrons. The molecule has 1 atom stereocenters. The standard InChI is InChI=1S/C10H14O.C3H8O2/c1-10(2,3)11-9-7-5-4-6-8-9;1-3(5)2-4/h4-8H,1-3H3;3-5H,2H2,1H3. The van der Waals surface area contributed by atoms with Crippen molar-refractivity contribution in [3.63, 3.8) is 0 Å². The molecular weight excluding hydrogens is 204 g/mol. The van der Waals surface area contributed by atoms with Crippen molar-refractivity contribution in [2.45, 2.75) is 39.4 Å². The maximum absolute atomic E-state index is 8.11. The molecule has 0 saturated carbocycles. The highest BCUT2D eigenvalue weighted by Gasteiger charge is 2.10. The lowest BCUT2D eigenvalue weighted by Gasteiger charge is -2.20. The van der Waals surface area contributed by atoms with E-state index in [4.69, 9.17) is 14.9 Å². The highest BCUT2D eigenvalue weighted by atomic mass is 16.5. The highest BCUT2D eigenvalue weighted by molar-refractivity contribution is 5.21. The third kappa shape index (κ3) is 9.49. The molecule has 1 rings (SSSR count). The van der Waals surface area contributed by atoms with Gasteiger partial charge in [-0.25, -0.2) is 0 Å². The van der Waals surface area contributed by atoms with Crippen LogP contribution in [0.5, 0.6) is 5.75 Å². The summed E-state index contributed by atoms with van der Waals surface area (Å²) in [7, 11) is 0. The fourth-order valence-corrected chi connectivity index (χ4v) is 0.842. The zero-order valence-corrected chi connectivity index (χ0v) is 10.5. The zero-order chi connectivity index (χ0) is 12.6. The van der Waals surface area contributed by atoms with Gasteiger partial charge >= 0.3 is 0 Å². The largest absolute Gasteiger partial charge is 0.488 e. The molecule has 0 aromatic heterocycles. The molecule has 3 nitrogen and oxygen atoms in total. The molecule has 1 aromatic carbocycles. The first-order valence-corrected chi connectivity index (χ1v) is 5.38. The second-order valence-corrected chi connectivity index (χ2v) is 4.56. The van der Waals surface area contributed by atoms with Crippen molar-refractivity contribution in [2.75, 3.05) is 6.61 Å². The quantitative estimate of drug-likeness (QED) is 0.813. The van der Waals surface area contributed by atoms with E-state index in [1.807, 2.05) is 51.1 Å². The van der Waals surface area contributed by atoms with Crippen molar-refractivity contribution in [3.05, 3.63) is 30.3 Å². The van der Waals surface area contributed by atoms with E-state index < -0.39 is 6.10 Å². The van der Waals surface area contributed by atoms with Crippen molar-refractivity contribution in [3.8, 4) is 5.75 Å². The van der Waals surface area contributed by atoms with E-state index in [1.165, 1.54) is 6.92 Å². The lowest BCUT2D eigenvalue weighted by atomic mass is 10.2. The van der Waals surface area contributed by atoms with Crippen LogP contribution < -0.4 is 4.74 Å². The van der Waals surface area contributed by atoms with Crippen LogP contribution in [0, 0.1) is 0 Å². The van der Waals surface area contributed by atoms with Crippen molar-refractivity contribution < 1.29 is 14.9 Å². The van der Waals surface area contributed by atoms with Crippen LogP contribution in [0.3, 0.4) is 0 Å².